The lowest BCUT2D eigenvalue weighted by atomic mass is 9.93. The first-order valence-corrected chi connectivity index (χ1v) is 12.4. The van der Waals surface area contributed by atoms with Crippen molar-refractivity contribution in [2.45, 2.75) is 30.2 Å². The van der Waals surface area contributed by atoms with Gasteiger partial charge in [0.05, 0.1) is 4.90 Å². The average molecular weight is 493 g/mol. The van der Waals surface area contributed by atoms with Crippen molar-refractivity contribution >= 4 is 33.6 Å². The first-order valence-electron chi connectivity index (χ1n) is 10.9. The number of aryl methyl sites for hydroxylation is 1. The van der Waals surface area contributed by atoms with Crippen molar-refractivity contribution in [2.24, 2.45) is 0 Å². The van der Waals surface area contributed by atoms with Crippen LogP contribution in [0, 0.1) is 0 Å². The smallest absolute Gasteiger partial charge is 0.322 e. The van der Waals surface area contributed by atoms with Gasteiger partial charge in [-0.25, -0.2) is 13.2 Å². The largest absolute Gasteiger partial charge is 0.344 e. The van der Waals surface area contributed by atoms with Gasteiger partial charge in [-0.15, -0.1) is 0 Å². The molecule has 0 saturated carbocycles. The van der Waals surface area contributed by atoms with Gasteiger partial charge < -0.3 is 5.32 Å². The second-order valence-corrected chi connectivity index (χ2v) is 10.0. The van der Waals surface area contributed by atoms with Crippen LogP contribution in [0.4, 0.5) is 10.5 Å². The molecule has 1 heterocycles. The molecule has 4 rings (SSSR count). The summed E-state index contributed by atoms with van der Waals surface area (Å²) in [6, 6.07) is 22.4. The van der Waals surface area contributed by atoms with Gasteiger partial charge in [0.1, 0.15) is 5.54 Å². The number of hydrogen-bond acceptors (Lipinski definition) is 5. The number of anilines is 1. The summed E-state index contributed by atoms with van der Waals surface area (Å²) in [5.41, 5.74) is 2.61. The molecule has 180 valence electrons. The predicted molar refractivity (Wildman–Crippen MR) is 130 cm³/mol. The minimum Gasteiger partial charge on any atom is -0.322 e. The molecule has 0 spiro atoms. The van der Waals surface area contributed by atoms with Gasteiger partial charge in [-0.2, -0.15) is 5.01 Å². The van der Waals surface area contributed by atoms with Crippen molar-refractivity contribution in [3.05, 3.63) is 96.1 Å². The van der Waals surface area contributed by atoms with E-state index in [-0.39, 0.29) is 16.1 Å². The summed E-state index contributed by atoms with van der Waals surface area (Å²) in [4.78, 5) is 38.1. The molecule has 3 aromatic carbocycles. The fourth-order valence-electron chi connectivity index (χ4n) is 3.66. The zero-order valence-electron chi connectivity index (χ0n) is 18.9. The Hall–Kier alpha value is -4.18. The Morgan fingerprint density at radius 3 is 2.14 bits per heavy atom. The number of imide groups is 1. The molecule has 0 bridgehead atoms. The molecule has 1 fully saturated rings. The summed E-state index contributed by atoms with van der Waals surface area (Å²) in [6.07, 6.45) is 0.940. The van der Waals surface area contributed by atoms with Gasteiger partial charge in [0.15, 0.2) is 0 Å². The van der Waals surface area contributed by atoms with Crippen molar-refractivity contribution in [2.75, 3.05) is 4.72 Å². The van der Waals surface area contributed by atoms with Gasteiger partial charge >= 0.3 is 6.03 Å². The molecule has 9 nitrogen and oxygen atoms in total. The molecule has 10 heteroatoms. The molecule has 4 amide bonds. The number of sulfonamides is 1. The first-order chi connectivity index (χ1) is 16.7. The van der Waals surface area contributed by atoms with E-state index >= 15 is 0 Å². The van der Waals surface area contributed by atoms with Crippen LogP contribution < -0.4 is 15.5 Å². The number of nitrogens with one attached hydrogen (secondary N) is 3. The number of carbonyl (C=O) groups excluding carboxylic acids is 3. The van der Waals surface area contributed by atoms with Gasteiger partial charge in [-0.1, -0.05) is 48.5 Å². The highest BCUT2D eigenvalue weighted by atomic mass is 32.2. The molecule has 1 aliphatic rings. The SMILES string of the molecule is C[C@@]1(CCc2ccccc2)NC(=O)N(NC(=O)c2ccc(NS(=O)(=O)c3ccccc3)cc2)C1=O. The minimum absolute atomic E-state index is 0.107. The highest BCUT2D eigenvalue weighted by Crippen LogP contribution is 2.23. The zero-order valence-corrected chi connectivity index (χ0v) is 19.7. The van der Waals surface area contributed by atoms with Gasteiger partial charge in [0.2, 0.25) is 0 Å². The Morgan fingerprint density at radius 2 is 1.51 bits per heavy atom. The highest BCUT2D eigenvalue weighted by molar-refractivity contribution is 7.92. The molecule has 0 unspecified atom stereocenters. The zero-order chi connectivity index (χ0) is 25.1. The van der Waals surface area contributed by atoms with E-state index in [9.17, 15) is 22.8 Å². The monoisotopic (exact) mass is 492 g/mol. The maximum atomic E-state index is 12.9. The first kappa shape index (κ1) is 24.0. The number of hydrazine groups is 1. The van der Waals surface area contributed by atoms with E-state index in [4.69, 9.17) is 0 Å². The molecule has 35 heavy (non-hydrogen) atoms. The van der Waals surface area contributed by atoms with E-state index in [1.807, 2.05) is 30.3 Å². The Labute approximate surface area is 203 Å². The molecule has 1 atom stereocenters. The molecular weight excluding hydrogens is 468 g/mol. The summed E-state index contributed by atoms with van der Waals surface area (Å²) in [7, 11) is -3.77. The molecule has 0 radical (unpaired) electrons. The molecule has 3 aromatic rings. The quantitative estimate of drug-likeness (QED) is 0.417. The van der Waals surface area contributed by atoms with Crippen LogP contribution in [0.15, 0.2) is 89.8 Å². The summed E-state index contributed by atoms with van der Waals surface area (Å²) < 4.78 is 27.3. The van der Waals surface area contributed by atoms with Crippen LogP contribution in [0.25, 0.3) is 0 Å². The molecule has 1 saturated heterocycles. The maximum absolute atomic E-state index is 12.9. The van der Waals surface area contributed by atoms with E-state index in [0.29, 0.717) is 17.9 Å². The molecule has 0 aromatic heterocycles. The summed E-state index contributed by atoms with van der Waals surface area (Å²) in [5.74, 6) is -1.24. The lowest BCUT2D eigenvalue weighted by Crippen LogP contribution is -2.48. The van der Waals surface area contributed by atoms with Crippen molar-refractivity contribution < 1.29 is 22.8 Å². The molecular formula is C25H24N4O5S. The van der Waals surface area contributed by atoms with Crippen LogP contribution in [0.1, 0.15) is 29.3 Å². The fraction of sp³-hybridized carbons (Fsp3) is 0.160. The fourth-order valence-corrected chi connectivity index (χ4v) is 4.74. The van der Waals surface area contributed by atoms with Crippen LogP contribution in [-0.2, 0) is 21.2 Å². The van der Waals surface area contributed by atoms with Crippen molar-refractivity contribution in [1.82, 2.24) is 15.8 Å². The molecule has 3 N–H and O–H groups in total. The van der Waals surface area contributed by atoms with Crippen molar-refractivity contribution in [3.8, 4) is 0 Å². The van der Waals surface area contributed by atoms with Crippen LogP contribution in [0.2, 0.25) is 0 Å². The second-order valence-electron chi connectivity index (χ2n) is 8.33. The van der Waals surface area contributed by atoms with Crippen molar-refractivity contribution in [1.29, 1.82) is 0 Å². The van der Waals surface area contributed by atoms with Gasteiger partial charge in [0, 0.05) is 11.3 Å². The van der Waals surface area contributed by atoms with E-state index in [1.165, 1.54) is 36.4 Å². The second kappa shape index (κ2) is 9.59. The van der Waals surface area contributed by atoms with E-state index in [1.54, 1.807) is 25.1 Å². The number of nitrogens with zero attached hydrogens (tertiary/aromatic N) is 1. The molecule has 0 aliphatic carbocycles. The van der Waals surface area contributed by atoms with Crippen LogP contribution in [-0.4, -0.2) is 36.8 Å². The summed E-state index contributed by atoms with van der Waals surface area (Å²) in [6.45, 7) is 1.62. The van der Waals surface area contributed by atoms with E-state index in [0.717, 1.165) is 5.56 Å². The Bertz CT molecular complexity index is 1350. The number of hydrogen-bond donors (Lipinski definition) is 3. The predicted octanol–water partition coefficient (Wildman–Crippen LogP) is 3.08. The number of urea groups is 1. The highest BCUT2D eigenvalue weighted by Gasteiger charge is 2.48. The lowest BCUT2D eigenvalue weighted by Gasteiger charge is -2.21. The third-order valence-electron chi connectivity index (χ3n) is 5.68. The number of rotatable bonds is 8. The number of carbonyl (C=O) groups is 3. The Balaban J connectivity index is 1.39. The van der Waals surface area contributed by atoms with Gasteiger partial charge in [-0.3, -0.25) is 19.7 Å². The third kappa shape index (κ3) is 5.33. The van der Waals surface area contributed by atoms with Gasteiger partial charge in [-0.05, 0) is 61.7 Å². The van der Waals surface area contributed by atoms with Crippen molar-refractivity contribution in [3.63, 3.8) is 0 Å². The average Bonchev–Trinajstić information content (AvgIpc) is 3.07. The number of amides is 4. The lowest BCUT2D eigenvalue weighted by molar-refractivity contribution is -0.132. The normalized spacial score (nSPS) is 17.7. The van der Waals surface area contributed by atoms with Gasteiger partial charge in [0.25, 0.3) is 21.8 Å². The number of benzene rings is 3. The Kier molecular flexibility index (Phi) is 6.57. The summed E-state index contributed by atoms with van der Waals surface area (Å²) in [5, 5.41) is 3.33. The van der Waals surface area contributed by atoms with Crippen LogP contribution in [0.5, 0.6) is 0 Å². The summed E-state index contributed by atoms with van der Waals surface area (Å²) >= 11 is 0. The standard InChI is InChI=1S/C25H24N4O5S/c1-25(17-16-18-8-4-2-5-9-18)23(31)29(24(32)26-25)27-22(30)19-12-14-20(15-13-19)28-35(33,34)21-10-6-3-7-11-21/h2-15,28H,16-17H2,1H3,(H,26,32)(H,27,30)/t25-/m0/s1. The Morgan fingerprint density at radius 1 is 0.914 bits per heavy atom. The van der Waals surface area contributed by atoms with Crippen LogP contribution in [0.3, 0.4) is 0 Å². The third-order valence-corrected chi connectivity index (χ3v) is 7.08. The molecule has 1 aliphatic heterocycles. The van der Waals surface area contributed by atoms with E-state index < -0.39 is 33.4 Å². The van der Waals surface area contributed by atoms with E-state index in [2.05, 4.69) is 15.5 Å². The van der Waals surface area contributed by atoms with Crippen LogP contribution >= 0.6 is 0 Å². The maximum Gasteiger partial charge on any atom is 0.344 e. The minimum atomic E-state index is -3.77. The topological polar surface area (TPSA) is 125 Å².